The van der Waals surface area contributed by atoms with E-state index in [0.717, 1.165) is 28.9 Å². The number of rotatable bonds is 5. The van der Waals surface area contributed by atoms with Gasteiger partial charge in [0.2, 0.25) is 5.82 Å². The zero-order chi connectivity index (χ0) is 20.4. The molecule has 7 heteroatoms. The lowest BCUT2D eigenvalue weighted by Gasteiger charge is -2.36. The minimum atomic E-state index is -0.140. The summed E-state index contributed by atoms with van der Waals surface area (Å²) in [6.07, 6.45) is 2.06. The van der Waals surface area contributed by atoms with Crippen molar-refractivity contribution in [2.75, 3.05) is 12.8 Å². The summed E-state index contributed by atoms with van der Waals surface area (Å²) in [5.74, 6) is 1.09. The number of hydrogen-bond donors (Lipinski definition) is 1. The summed E-state index contributed by atoms with van der Waals surface area (Å²) in [6.45, 7) is 4.89. The third-order valence-corrected chi connectivity index (χ3v) is 6.13. The minimum Gasteiger partial charge on any atom is -0.351 e. The predicted octanol–water partition coefficient (Wildman–Crippen LogP) is 5.14. The van der Waals surface area contributed by atoms with Crippen LogP contribution in [0.25, 0.3) is 17.0 Å². The van der Waals surface area contributed by atoms with Crippen molar-refractivity contribution in [2.24, 2.45) is 0 Å². The molecule has 2 heterocycles. The molecular formula is C22H22N4OS2. The van der Waals surface area contributed by atoms with Crippen LogP contribution in [-0.4, -0.2) is 33.0 Å². The van der Waals surface area contributed by atoms with Gasteiger partial charge in [-0.05, 0) is 62.2 Å². The van der Waals surface area contributed by atoms with E-state index in [2.05, 4.69) is 59.7 Å². The first kappa shape index (κ1) is 19.7. The lowest BCUT2D eigenvalue weighted by atomic mass is 9.95. The summed E-state index contributed by atoms with van der Waals surface area (Å²) in [5, 5.41) is 8.39. The van der Waals surface area contributed by atoms with Gasteiger partial charge in [-0.3, -0.25) is 0 Å². The molecule has 0 spiro atoms. The molecule has 1 aliphatic heterocycles. The van der Waals surface area contributed by atoms with Crippen LogP contribution >= 0.6 is 24.0 Å². The normalized spacial score (nSPS) is 16.9. The largest absolute Gasteiger partial charge is 0.351 e. The smallest absolute Gasteiger partial charge is 0.258 e. The average Bonchev–Trinajstić information content (AvgIpc) is 3.24. The third kappa shape index (κ3) is 3.80. The zero-order valence-electron chi connectivity index (χ0n) is 16.5. The molecule has 0 saturated heterocycles. The van der Waals surface area contributed by atoms with Crippen LogP contribution < -0.4 is 5.32 Å². The fraction of sp³-hybridized carbons (Fsp3) is 0.227. The van der Waals surface area contributed by atoms with E-state index in [0.29, 0.717) is 16.8 Å². The second-order valence-corrected chi connectivity index (χ2v) is 7.95. The molecule has 2 aromatic carbocycles. The van der Waals surface area contributed by atoms with Crippen molar-refractivity contribution < 1.29 is 4.52 Å². The number of aromatic nitrogens is 2. The van der Waals surface area contributed by atoms with Gasteiger partial charge in [0, 0.05) is 22.7 Å². The summed E-state index contributed by atoms with van der Waals surface area (Å²) in [4.78, 5) is 7.98. The van der Waals surface area contributed by atoms with Gasteiger partial charge >= 0.3 is 0 Å². The lowest BCUT2D eigenvalue weighted by Crippen LogP contribution is -2.45. The van der Waals surface area contributed by atoms with E-state index >= 15 is 0 Å². The highest BCUT2D eigenvalue weighted by Crippen LogP contribution is 2.37. The quantitative estimate of drug-likeness (QED) is 0.451. The van der Waals surface area contributed by atoms with Gasteiger partial charge in [0.15, 0.2) is 5.11 Å². The summed E-state index contributed by atoms with van der Waals surface area (Å²) in [5.41, 5.74) is 4.01. The van der Waals surface area contributed by atoms with Crippen LogP contribution in [-0.2, 0) is 0 Å². The van der Waals surface area contributed by atoms with Crippen LogP contribution in [0, 0.1) is 0 Å². The van der Waals surface area contributed by atoms with Crippen molar-refractivity contribution in [3.63, 3.8) is 0 Å². The number of thiocarbonyl (C=S) groups is 1. The topological polar surface area (TPSA) is 54.2 Å². The predicted molar refractivity (Wildman–Crippen MR) is 121 cm³/mol. The van der Waals surface area contributed by atoms with Gasteiger partial charge in [0.05, 0.1) is 11.6 Å². The summed E-state index contributed by atoms with van der Waals surface area (Å²) in [7, 11) is 0. The molecule has 29 heavy (non-hydrogen) atoms. The van der Waals surface area contributed by atoms with Crippen molar-refractivity contribution in [2.45, 2.75) is 24.8 Å². The molecule has 148 valence electrons. The highest BCUT2D eigenvalue weighted by Gasteiger charge is 2.33. The number of benzene rings is 2. The fourth-order valence-electron chi connectivity index (χ4n) is 3.52. The highest BCUT2D eigenvalue weighted by molar-refractivity contribution is 7.98. The van der Waals surface area contributed by atoms with Crippen LogP contribution in [0.5, 0.6) is 0 Å². The molecule has 1 aliphatic rings. The number of hydrogen-bond acceptors (Lipinski definition) is 5. The van der Waals surface area contributed by atoms with Crippen molar-refractivity contribution in [3.05, 3.63) is 71.7 Å². The molecule has 0 radical (unpaired) electrons. The van der Waals surface area contributed by atoms with E-state index in [1.807, 2.05) is 30.3 Å². The van der Waals surface area contributed by atoms with E-state index < -0.39 is 0 Å². The van der Waals surface area contributed by atoms with Crippen LogP contribution in [0.15, 0.2) is 69.7 Å². The van der Waals surface area contributed by atoms with E-state index in [1.165, 1.54) is 4.90 Å². The molecule has 1 atom stereocenters. The molecule has 0 aliphatic carbocycles. The Kier molecular flexibility index (Phi) is 5.69. The van der Waals surface area contributed by atoms with Gasteiger partial charge in [-0.2, -0.15) is 4.98 Å². The van der Waals surface area contributed by atoms with Crippen LogP contribution in [0.3, 0.4) is 0 Å². The Bertz CT molecular complexity index is 1040. The summed E-state index contributed by atoms with van der Waals surface area (Å²) >= 11 is 7.30. The van der Waals surface area contributed by atoms with E-state index in [-0.39, 0.29) is 6.04 Å². The molecule has 5 nitrogen and oxygen atoms in total. The standard InChI is InChI=1S/C22H22N4OS2/c1-4-26-14(2)18(19(23-22(26)28)15-8-6-5-7-9-15)21-24-20(25-27-21)16-10-12-17(29-3)13-11-16/h5-13,19H,4H2,1-3H3,(H,23,28). The molecule has 1 unspecified atom stereocenters. The first-order chi connectivity index (χ1) is 14.1. The Hall–Kier alpha value is -2.64. The molecule has 1 N–H and O–H groups in total. The molecule has 0 fully saturated rings. The minimum absolute atomic E-state index is 0.140. The van der Waals surface area contributed by atoms with Gasteiger partial charge in [0.25, 0.3) is 5.89 Å². The van der Waals surface area contributed by atoms with Crippen LogP contribution in [0.2, 0.25) is 0 Å². The Morgan fingerprint density at radius 3 is 2.52 bits per heavy atom. The van der Waals surface area contributed by atoms with Gasteiger partial charge < -0.3 is 14.7 Å². The Morgan fingerprint density at radius 2 is 1.86 bits per heavy atom. The van der Waals surface area contributed by atoms with Crippen LogP contribution in [0.1, 0.15) is 31.3 Å². The van der Waals surface area contributed by atoms with Crippen molar-refractivity contribution in [1.82, 2.24) is 20.4 Å². The molecule has 0 bridgehead atoms. The van der Waals surface area contributed by atoms with Crippen LogP contribution in [0.4, 0.5) is 0 Å². The summed E-state index contributed by atoms with van der Waals surface area (Å²) < 4.78 is 5.73. The summed E-state index contributed by atoms with van der Waals surface area (Å²) in [6, 6.07) is 18.2. The Balaban J connectivity index is 1.78. The van der Waals surface area contributed by atoms with E-state index in [4.69, 9.17) is 21.7 Å². The van der Waals surface area contributed by atoms with Gasteiger partial charge in [-0.1, -0.05) is 35.5 Å². The number of nitrogens with zero attached hydrogens (tertiary/aromatic N) is 3. The first-order valence-corrected chi connectivity index (χ1v) is 11.1. The average molecular weight is 423 g/mol. The number of allylic oxidation sites excluding steroid dienone is 1. The first-order valence-electron chi connectivity index (χ1n) is 9.44. The fourth-order valence-corrected chi connectivity index (χ4v) is 4.32. The van der Waals surface area contributed by atoms with E-state index in [1.54, 1.807) is 11.8 Å². The maximum Gasteiger partial charge on any atom is 0.258 e. The van der Waals surface area contributed by atoms with Crippen molar-refractivity contribution >= 4 is 34.7 Å². The molecule has 4 rings (SSSR count). The molecular weight excluding hydrogens is 400 g/mol. The lowest BCUT2D eigenvalue weighted by molar-refractivity contribution is 0.398. The van der Waals surface area contributed by atoms with Crippen molar-refractivity contribution in [1.29, 1.82) is 0 Å². The zero-order valence-corrected chi connectivity index (χ0v) is 18.2. The second-order valence-electron chi connectivity index (χ2n) is 6.69. The molecule has 0 saturated carbocycles. The molecule has 1 aromatic heterocycles. The third-order valence-electron chi connectivity index (χ3n) is 5.05. The maximum atomic E-state index is 5.73. The Labute approximate surface area is 180 Å². The van der Waals surface area contributed by atoms with E-state index in [9.17, 15) is 0 Å². The monoisotopic (exact) mass is 422 g/mol. The number of nitrogens with one attached hydrogen (secondary N) is 1. The van der Waals surface area contributed by atoms with Gasteiger partial charge in [-0.15, -0.1) is 11.8 Å². The number of thioether (sulfide) groups is 1. The highest BCUT2D eigenvalue weighted by atomic mass is 32.2. The van der Waals surface area contributed by atoms with Gasteiger partial charge in [0.1, 0.15) is 0 Å². The second kappa shape index (κ2) is 8.39. The van der Waals surface area contributed by atoms with Crippen molar-refractivity contribution in [3.8, 4) is 11.4 Å². The SMILES string of the molecule is CCN1C(=S)NC(c2ccccc2)C(c2nc(-c3ccc(SC)cc3)no2)=C1C. The van der Waals surface area contributed by atoms with Gasteiger partial charge in [-0.25, -0.2) is 0 Å². The molecule has 3 aromatic rings. The maximum absolute atomic E-state index is 5.73. The Morgan fingerprint density at radius 1 is 1.14 bits per heavy atom. The molecule has 0 amide bonds.